The van der Waals surface area contributed by atoms with Gasteiger partial charge in [-0.3, -0.25) is 4.79 Å². The Bertz CT molecular complexity index is 250. The molecule has 1 atom stereocenters. The second kappa shape index (κ2) is 17.8. The highest BCUT2D eigenvalue weighted by atomic mass is 16.5. The van der Waals surface area contributed by atoms with E-state index in [0.29, 0.717) is 18.9 Å². The fourth-order valence-corrected chi connectivity index (χ4v) is 3.09. The van der Waals surface area contributed by atoms with Gasteiger partial charge in [-0.15, -0.1) is 0 Å². The van der Waals surface area contributed by atoms with Crippen molar-refractivity contribution < 1.29 is 9.53 Å². The standard InChI is InChI=1S/C21H42O2/c1-4-7-9-10-11-12-13-15-18-21(22)23-19-20(16-6-3)17-14-8-5-2/h20H,4-19H2,1-3H3. The fourth-order valence-electron chi connectivity index (χ4n) is 3.09. The van der Waals surface area contributed by atoms with Crippen LogP contribution in [0.25, 0.3) is 0 Å². The maximum absolute atomic E-state index is 11.8. The van der Waals surface area contributed by atoms with Crippen molar-refractivity contribution in [2.24, 2.45) is 5.92 Å². The molecule has 0 saturated heterocycles. The molecular weight excluding hydrogens is 284 g/mol. The summed E-state index contributed by atoms with van der Waals surface area (Å²) < 4.78 is 5.51. The molecule has 0 aromatic heterocycles. The van der Waals surface area contributed by atoms with Gasteiger partial charge in [0.1, 0.15) is 0 Å². The van der Waals surface area contributed by atoms with E-state index in [9.17, 15) is 4.79 Å². The van der Waals surface area contributed by atoms with Crippen LogP contribution in [0.1, 0.15) is 117 Å². The minimum atomic E-state index is 0.0209. The van der Waals surface area contributed by atoms with Crippen LogP contribution >= 0.6 is 0 Å². The molecule has 0 aromatic carbocycles. The van der Waals surface area contributed by atoms with E-state index in [0.717, 1.165) is 6.42 Å². The Morgan fingerprint density at radius 2 is 1.26 bits per heavy atom. The zero-order valence-corrected chi connectivity index (χ0v) is 16.2. The molecule has 0 radical (unpaired) electrons. The first kappa shape index (κ1) is 22.5. The largest absolute Gasteiger partial charge is 0.465 e. The molecule has 0 rings (SSSR count). The third-order valence-electron chi connectivity index (χ3n) is 4.63. The molecule has 23 heavy (non-hydrogen) atoms. The topological polar surface area (TPSA) is 26.3 Å². The first-order valence-corrected chi connectivity index (χ1v) is 10.4. The maximum Gasteiger partial charge on any atom is 0.305 e. The first-order chi connectivity index (χ1) is 11.2. The summed E-state index contributed by atoms with van der Waals surface area (Å²) in [6.45, 7) is 7.35. The maximum atomic E-state index is 11.8. The van der Waals surface area contributed by atoms with Gasteiger partial charge < -0.3 is 4.74 Å². The number of esters is 1. The molecule has 138 valence electrons. The highest BCUT2D eigenvalue weighted by molar-refractivity contribution is 5.69. The second-order valence-corrected chi connectivity index (χ2v) is 7.06. The van der Waals surface area contributed by atoms with Crippen molar-refractivity contribution in [1.29, 1.82) is 0 Å². The van der Waals surface area contributed by atoms with E-state index in [2.05, 4.69) is 20.8 Å². The lowest BCUT2D eigenvalue weighted by molar-refractivity contribution is -0.145. The highest BCUT2D eigenvalue weighted by Gasteiger charge is 2.11. The van der Waals surface area contributed by atoms with Crippen LogP contribution in [-0.4, -0.2) is 12.6 Å². The minimum absolute atomic E-state index is 0.0209. The first-order valence-electron chi connectivity index (χ1n) is 10.4. The number of rotatable bonds is 17. The molecule has 0 aliphatic heterocycles. The SMILES string of the molecule is CCCCCCCCCCC(=O)OCC(CCC)CCCCC. The van der Waals surface area contributed by atoms with Gasteiger partial charge in [0.2, 0.25) is 0 Å². The van der Waals surface area contributed by atoms with Crippen LogP contribution < -0.4 is 0 Å². The van der Waals surface area contributed by atoms with Gasteiger partial charge >= 0.3 is 5.97 Å². The van der Waals surface area contributed by atoms with Gasteiger partial charge in [0.25, 0.3) is 0 Å². The third kappa shape index (κ3) is 16.1. The van der Waals surface area contributed by atoms with E-state index < -0.39 is 0 Å². The zero-order chi connectivity index (χ0) is 17.2. The van der Waals surface area contributed by atoms with E-state index in [1.807, 2.05) is 0 Å². The molecule has 1 unspecified atom stereocenters. The van der Waals surface area contributed by atoms with Crippen molar-refractivity contribution in [3.05, 3.63) is 0 Å². The van der Waals surface area contributed by atoms with Gasteiger partial charge in [-0.25, -0.2) is 0 Å². The van der Waals surface area contributed by atoms with Crippen molar-refractivity contribution in [3.8, 4) is 0 Å². The quantitative estimate of drug-likeness (QED) is 0.211. The smallest absolute Gasteiger partial charge is 0.305 e. The lowest BCUT2D eigenvalue weighted by Gasteiger charge is -2.16. The van der Waals surface area contributed by atoms with Crippen molar-refractivity contribution in [2.75, 3.05) is 6.61 Å². The van der Waals surface area contributed by atoms with Gasteiger partial charge in [-0.1, -0.05) is 91.4 Å². The van der Waals surface area contributed by atoms with Gasteiger partial charge in [0.15, 0.2) is 0 Å². The Morgan fingerprint density at radius 3 is 1.87 bits per heavy atom. The molecule has 0 bridgehead atoms. The highest BCUT2D eigenvalue weighted by Crippen LogP contribution is 2.17. The molecular formula is C21H42O2. The lowest BCUT2D eigenvalue weighted by Crippen LogP contribution is -2.14. The summed E-state index contributed by atoms with van der Waals surface area (Å²) in [6, 6.07) is 0. The lowest BCUT2D eigenvalue weighted by atomic mass is 9.97. The molecule has 0 saturated carbocycles. The van der Waals surface area contributed by atoms with Crippen LogP contribution in [0.2, 0.25) is 0 Å². The summed E-state index contributed by atoms with van der Waals surface area (Å²) in [5, 5.41) is 0. The average molecular weight is 327 g/mol. The molecule has 0 fully saturated rings. The van der Waals surface area contributed by atoms with Crippen molar-refractivity contribution in [1.82, 2.24) is 0 Å². The average Bonchev–Trinajstić information content (AvgIpc) is 2.55. The van der Waals surface area contributed by atoms with Crippen LogP contribution in [0.4, 0.5) is 0 Å². The molecule has 0 spiro atoms. The fraction of sp³-hybridized carbons (Fsp3) is 0.952. The Balaban J connectivity index is 3.55. The predicted molar refractivity (Wildman–Crippen MR) is 101 cm³/mol. The monoisotopic (exact) mass is 326 g/mol. The third-order valence-corrected chi connectivity index (χ3v) is 4.63. The van der Waals surface area contributed by atoms with Crippen LogP contribution in [0.3, 0.4) is 0 Å². The van der Waals surface area contributed by atoms with Gasteiger partial charge in [0.05, 0.1) is 6.61 Å². The van der Waals surface area contributed by atoms with E-state index in [4.69, 9.17) is 4.74 Å². The minimum Gasteiger partial charge on any atom is -0.465 e. The summed E-state index contributed by atoms with van der Waals surface area (Å²) in [4.78, 5) is 11.8. The van der Waals surface area contributed by atoms with Crippen LogP contribution in [0.5, 0.6) is 0 Å². The summed E-state index contributed by atoms with van der Waals surface area (Å²) in [5.74, 6) is 0.599. The molecule has 0 aliphatic carbocycles. The molecule has 0 aliphatic rings. The van der Waals surface area contributed by atoms with E-state index in [1.54, 1.807) is 0 Å². The molecule has 2 heteroatoms. The number of unbranched alkanes of at least 4 members (excludes halogenated alkanes) is 9. The Kier molecular flexibility index (Phi) is 17.4. The predicted octanol–water partition coefficient (Wildman–Crippen LogP) is 7.06. The number of hydrogen-bond acceptors (Lipinski definition) is 2. The Labute approximate surface area is 145 Å². The summed E-state index contributed by atoms with van der Waals surface area (Å²) in [6.07, 6.45) is 18.2. The van der Waals surface area contributed by atoms with Gasteiger partial charge in [-0.05, 0) is 25.2 Å². The molecule has 0 aromatic rings. The van der Waals surface area contributed by atoms with Gasteiger partial charge in [-0.2, -0.15) is 0 Å². The number of ether oxygens (including phenoxy) is 1. The number of carbonyl (C=O) groups excluding carboxylic acids is 1. The van der Waals surface area contributed by atoms with Crippen LogP contribution in [-0.2, 0) is 9.53 Å². The molecule has 0 amide bonds. The van der Waals surface area contributed by atoms with E-state index in [1.165, 1.54) is 83.5 Å². The number of carbonyl (C=O) groups is 1. The molecule has 2 nitrogen and oxygen atoms in total. The zero-order valence-electron chi connectivity index (χ0n) is 16.2. The summed E-state index contributed by atoms with van der Waals surface area (Å²) in [5.41, 5.74) is 0. The molecule has 0 heterocycles. The van der Waals surface area contributed by atoms with Crippen LogP contribution in [0.15, 0.2) is 0 Å². The normalized spacial score (nSPS) is 12.3. The second-order valence-electron chi connectivity index (χ2n) is 7.06. The summed E-state index contributed by atoms with van der Waals surface area (Å²) in [7, 11) is 0. The Hall–Kier alpha value is -0.530. The van der Waals surface area contributed by atoms with Crippen molar-refractivity contribution >= 4 is 5.97 Å². The Morgan fingerprint density at radius 1 is 0.696 bits per heavy atom. The molecule has 0 N–H and O–H groups in total. The summed E-state index contributed by atoms with van der Waals surface area (Å²) >= 11 is 0. The van der Waals surface area contributed by atoms with E-state index >= 15 is 0 Å². The van der Waals surface area contributed by atoms with Crippen molar-refractivity contribution in [2.45, 2.75) is 117 Å². The van der Waals surface area contributed by atoms with Crippen molar-refractivity contribution in [3.63, 3.8) is 0 Å². The van der Waals surface area contributed by atoms with Crippen LogP contribution in [0, 0.1) is 5.92 Å². The van der Waals surface area contributed by atoms with Gasteiger partial charge in [0, 0.05) is 6.42 Å². The number of hydrogen-bond donors (Lipinski definition) is 0. The van der Waals surface area contributed by atoms with E-state index in [-0.39, 0.29) is 5.97 Å².